The Bertz CT molecular complexity index is 478. The predicted molar refractivity (Wildman–Crippen MR) is 72.9 cm³/mol. The van der Waals surface area contributed by atoms with Crippen molar-refractivity contribution in [3.05, 3.63) is 34.9 Å². The van der Waals surface area contributed by atoms with E-state index in [0.29, 0.717) is 0 Å². The van der Waals surface area contributed by atoms with Gasteiger partial charge in [0.15, 0.2) is 0 Å². The fraction of sp³-hybridized carbons (Fsp3) is 0.500. The van der Waals surface area contributed by atoms with Crippen molar-refractivity contribution in [3.8, 4) is 6.07 Å². The first-order chi connectivity index (χ1) is 9.10. The third-order valence-corrected chi connectivity index (χ3v) is 5.14. The molecule has 1 saturated carbocycles. The number of hydrogen-bond donors (Lipinski definition) is 1. The van der Waals surface area contributed by atoms with E-state index in [-0.39, 0.29) is 22.4 Å². The Morgan fingerprint density at radius 2 is 2.00 bits per heavy atom. The summed E-state index contributed by atoms with van der Waals surface area (Å²) in [4.78, 5) is 0. The van der Waals surface area contributed by atoms with Crippen molar-refractivity contribution in [2.75, 3.05) is 12.8 Å². The summed E-state index contributed by atoms with van der Waals surface area (Å²) in [5.41, 5.74) is 0.0212. The van der Waals surface area contributed by atoms with Crippen LogP contribution in [-0.2, 0) is 6.54 Å². The number of nitriles is 1. The Kier molecular flexibility index (Phi) is 4.43. The highest BCUT2D eigenvalue weighted by Crippen LogP contribution is 2.42. The van der Waals surface area contributed by atoms with Crippen LogP contribution >= 0.6 is 11.8 Å². The van der Waals surface area contributed by atoms with Gasteiger partial charge in [-0.2, -0.15) is 17.0 Å². The third-order valence-electron chi connectivity index (χ3n) is 3.72. The van der Waals surface area contributed by atoms with Crippen LogP contribution in [0.15, 0.2) is 12.1 Å². The minimum absolute atomic E-state index is 0.00887. The van der Waals surface area contributed by atoms with Gasteiger partial charge in [0.05, 0.1) is 11.6 Å². The molecular weight excluding hydrogens is 266 g/mol. The quantitative estimate of drug-likeness (QED) is 0.900. The number of nitrogens with one attached hydrogen (secondary N) is 1. The minimum Gasteiger partial charge on any atom is -0.311 e. The van der Waals surface area contributed by atoms with Gasteiger partial charge in [-0.1, -0.05) is 6.42 Å². The van der Waals surface area contributed by atoms with Gasteiger partial charge in [-0.15, -0.1) is 0 Å². The van der Waals surface area contributed by atoms with E-state index in [9.17, 15) is 8.78 Å². The molecule has 2 nitrogen and oxygen atoms in total. The summed E-state index contributed by atoms with van der Waals surface area (Å²) < 4.78 is 27.6. The number of hydrogen-bond acceptors (Lipinski definition) is 3. The molecule has 19 heavy (non-hydrogen) atoms. The molecule has 1 aromatic rings. The van der Waals surface area contributed by atoms with E-state index in [1.807, 2.05) is 11.8 Å². The molecule has 0 atom stereocenters. The van der Waals surface area contributed by atoms with Crippen molar-refractivity contribution in [1.29, 1.82) is 5.26 Å². The number of halogens is 2. The number of rotatable bonds is 5. The van der Waals surface area contributed by atoms with Gasteiger partial charge in [0.25, 0.3) is 0 Å². The van der Waals surface area contributed by atoms with Crippen molar-refractivity contribution in [2.45, 2.75) is 30.6 Å². The van der Waals surface area contributed by atoms with E-state index in [1.165, 1.54) is 6.42 Å². The van der Waals surface area contributed by atoms with Gasteiger partial charge < -0.3 is 5.32 Å². The molecule has 0 radical (unpaired) electrons. The third kappa shape index (κ3) is 3.07. The molecular formula is C14H16F2N2S. The number of benzene rings is 1. The first-order valence-electron chi connectivity index (χ1n) is 6.24. The summed E-state index contributed by atoms with van der Waals surface area (Å²) in [7, 11) is 0. The van der Waals surface area contributed by atoms with Crippen molar-refractivity contribution in [3.63, 3.8) is 0 Å². The van der Waals surface area contributed by atoms with Crippen LogP contribution in [0.3, 0.4) is 0 Å². The summed E-state index contributed by atoms with van der Waals surface area (Å²) in [6, 6.07) is 3.89. The maximum Gasteiger partial charge on any atom is 0.131 e. The summed E-state index contributed by atoms with van der Waals surface area (Å²) in [5, 5.41) is 11.8. The molecule has 1 aliphatic rings. The second-order valence-electron chi connectivity index (χ2n) is 4.87. The lowest BCUT2D eigenvalue weighted by atomic mass is 9.84. The Hall–Kier alpha value is -1.12. The zero-order valence-electron chi connectivity index (χ0n) is 10.8. The Morgan fingerprint density at radius 1 is 1.37 bits per heavy atom. The van der Waals surface area contributed by atoms with Gasteiger partial charge in [-0.25, -0.2) is 8.78 Å². The molecule has 102 valence electrons. The second kappa shape index (κ2) is 5.89. The van der Waals surface area contributed by atoms with Crippen LogP contribution in [-0.4, -0.2) is 17.5 Å². The van der Waals surface area contributed by atoms with Gasteiger partial charge >= 0.3 is 0 Å². The Labute approximate surface area is 116 Å². The average Bonchev–Trinajstić information content (AvgIpc) is 2.35. The van der Waals surface area contributed by atoms with Crippen molar-refractivity contribution < 1.29 is 8.78 Å². The van der Waals surface area contributed by atoms with Gasteiger partial charge in [0, 0.05) is 23.4 Å². The van der Waals surface area contributed by atoms with Crippen molar-refractivity contribution >= 4 is 11.8 Å². The first-order valence-corrected chi connectivity index (χ1v) is 7.46. The molecule has 0 saturated heterocycles. The molecule has 0 heterocycles. The van der Waals surface area contributed by atoms with Gasteiger partial charge in [0.2, 0.25) is 0 Å². The molecule has 0 aromatic heterocycles. The van der Waals surface area contributed by atoms with Gasteiger partial charge in [-0.3, -0.25) is 0 Å². The van der Waals surface area contributed by atoms with Crippen LogP contribution in [0.2, 0.25) is 0 Å². The SMILES string of the molecule is CSC1(CNCc2c(F)cc(C#N)cc2F)CCC1. The van der Waals surface area contributed by atoms with Crippen LogP contribution in [0.5, 0.6) is 0 Å². The molecule has 2 rings (SSSR count). The van der Waals surface area contributed by atoms with E-state index in [4.69, 9.17) is 5.26 Å². The van der Waals surface area contributed by atoms with Crippen molar-refractivity contribution in [1.82, 2.24) is 5.32 Å². The fourth-order valence-electron chi connectivity index (χ4n) is 2.28. The van der Waals surface area contributed by atoms with E-state index >= 15 is 0 Å². The molecule has 1 aliphatic carbocycles. The lowest BCUT2D eigenvalue weighted by Crippen LogP contribution is -2.43. The Balaban J connectivity index is 1.98. The molecule has 0 spiro atoms. The van der Waals surface area contributed by atoms with Crippen LogP contribution in [0.4, 0.5) is 8.78 Å². The molecule has 0 unspecified atom stereocenters. The van der Waals surface area contributed by atoms with E-state index in [0.717, 1.165) is 31.5 Å². The highest BCUT2D eigenvalue weighted by Gasteiger charge is 2.35. The summed E-state index contributed by atoms with van der Waals surface area (Å²) >= 11 is 1.82. The largest absolute Gasteiger partial charge is 0.311 e. The van der Waals surface area contributed by atoms with E-state index < -0.39 is 11.6 Å². The molecule has 0 amide bonds. The Morgan fingerprint density at radius 3 is 2.42 bits per heavy atom. The second-order valence-corrected chi connectivity index (χ2v) is 6.15. The molecule has 1 N–H and O–H groups in total. The molecule has 1 aromatic carbocycles. The summed E-state index contributed by atoms with van der Waals surface area (Å²) in [5.74, 6) is -1.31. The van der Waals surface area contributed by atoms with Crippen LogP contribution in [0, 0.1) is 23.0 Å². The highest BCUT2D eigenvalue weighted by molar-refractivity contribution is 8.00. The number of nitrogens with zero attached hydrogens (tertiary/aromatic N) is 1. The van der Waals surface area contributed by atoms with Crippen LogP contribution < -0.4 is 5.32 Å². The van der Waals surface area contributed by atoms with Gasteiger partial charge in [0.1, 0.15) is 11.6 Å². The maximum atomic E-state index is 13.7. The summed E-state index contributed by atoms with van der Waals surface area (Å²) in [6.07, 6.45) is 5.60. The fourth-order valence-corrected chi connectivity index (χ4v) is 3.22. The summed E-state index contributed by atoms with van der Waals surface area (Å²) in [6.45, 7) is 0.915. The number of thioether (sulfide) groups is 1. The van der Waals surface area contributed by atoms with E-state index in [1.54, 1.807) is 6.07 Å². The van der Waals surface area contributed by atoms with Crippen LogP contribution in [0.25, 0.3) is 0 Å². The lowest BCUT2D eigenvalue weighted by molar-refractivity contribution is 0.343. The van der Waals surface area contributed by atoms with Crippen LogP contribution in [0.1, 0.15) is 30.4 Å². The highest BCUT2D eigenvalue weighted by atomic mass is 32.2. The average molecular weight is 282 g/mol. The molecule has 0 bridgehead atoms. The predicted octanol–water partition coefficient (Wildman–Crippen LogP) is 3.21. The zero-order valence-corrected chi connectivity index (χ0v) is 11.6. The minimum atomic E-state index is -0.657. The molecule has 0 aliphatic heterocycles. The standard InChI is InChI=1S/C14H16F2N2S/c1-19-14(3-2-4-14)9-18-8-11-12(15)5-10(7-17)6-13(11)16/h5-6,18H,2-4,8-9H2,1H3. The molecule has 1 fully saturated rings. The normalized spacial score (nSPS) is 16.7. The first kappa shape index (κ1) is 14.3. The zero-order chi connectivity index (χ0) is 13.9. The van der Waals surface area contributed by atoms with Crippen molar-refractivity contribution in [2.24, 2.45) is 0 Å². The lowest BCUT2D eigenvalue weighted by Gasteiger charge is -2.40. The molecule has 5 heteroatoms. The maximum absolute atomic E-state index is 13.7. The smallest absolute Gasteiger partial charge is 0.131 e. The topological polar surface area (TPSA) is 35.8 Å². The van der Waals surface area contributed by atoms with Gasteiger partial charge in [-0.05, 0) is 31.2 Å². The monoisotopic (exact) mass is 282 g/mol. The van der Waals surface area contributed by atoms with E-state index in [2.05, 4.69) is 11.6 Å².